The zero-order chi connectivity index (χ0) is 23.3. The van der Waals surface area contributed by atoms with Crippen LogP contribution in [-0.4, -0.2) is 77.4 Å². The summed E-state index contributed by atoms with van der Waals surface area (Å²) in [4.78, 5) is 22.3. The Kier molecular flexibility index (Phi) is 5.18. The summed E-state index contributed by atoms with van der Waals surface area (Å²) in [7, 11) is 2.17. The van der Waals surface area contributed by atoms with Crippen molar-refractivity contribution in [3.63, 3.8) is 0 Å². The molecular weight excluding hydrogens is 432 g/mol. The van der Waals surface area contributed by atoms with Crippen LogP contribution in [0.5, 0.6) is 5.75 Å². The number of fused-ring (bicyclic) bond motifs is 2. The van der Waals surface area contributed by atoms with Gasteiger partial charge >= 0.3 is 0 Å². The molecule has 0 saturated carbocycles. The quantitative estimate of drug-likeness (QED) is 0.640. The maximum absolute atomic E-state index is 13.3. The van der Waals surface area contributed by atoms with Crippen LogP contribution in [0.25, 0.3) is 5.65 Å². The molecule has 9 heteroatoms. The van der Waals surface area contributed by atoms with Crippen LogP contribution in [0.4, 0.5) is 11.4 Å². The van der Waals surface area contributed by atoms with Gasteiger partial charge in [0.05, 0.1) is 30.8 Å². The Balaban J connectivity index is 1.35. The number of benzene rings is 1. The second kappa shape index (κ2) is 8.25. The number of hydrogen-bond donors (Lipinski definition) is 1. The first kappa shape index (κ1) is 21.4. The molecule has 1 spiro atoms. The van der Waals surface area contributed by atoms with Crippen molar-refractivity contribution in [3.8, 4) is 5.75 Å². The van der Waals surface area contributed by atoms with Gasteiger partial charge in [0.2, 0.25) is 0 Å². The smallest absolute Gasteiger partial charge is 0.261 e. The van der Waals surface area contributed by atoms with Crippen LogP contribution in [0.15, 0.2) is 36.8 Å². The minimum absolute atomic E-state index is 0.174. The van der Waals surface area contributed by atoms with Crippen molar-refractivity contribution < 1.29 is 14.3 Å². The van der Waals surface area contributed by atoms with Gasteiger partial charge in [-0.15, -0.1) is 0 Å². The molecule has 1 aromatic carbocycles. The summed E-state index contributed by atoms with van der Waals surface area (Å²) in [6, 6.07) is 6.01. The fourth-order valence-electron chi connectivity index (χ4n) is 5.53. The van der Waals surface area contributed by atoms with Gasteiger partial charge in [-0.05, 0) is 19.2 Å². The largest absolute Gasteiger partial charge is 0.486 e. The number of amides is 1. The zero-order valence-electron chi connectivity index (χ0n) is 19.7. The average molecular weight is 463 g/mol. The first-order valence-electron chi connectivity index (χ1n) is 12.0. The number of morpholine rings is 1. The highest BCUT2D eigenvalue weighted by Gasteiger charge is 2.47. The first-order chi connectivity index (χ1) is 16.5. The normalized spacial score (nSPS) is 24.9. The molecule has 2 saturated heterocycles. The van der Waals surface area contributed by atoms with Crippen molar-refractivity contribution in [2.45, 2.75) is 25.4 Å². The fourth-order valence-corrected chi connectivity index (χ4v) is 5.53. The molecule has 2 aromatic heterocycles. The molecule has 0 aliphatic carbocycles. The van der Waals surface area contributed by atoms with Crippen molar-refractivity contribution in [1.82, 2.24) is 19.5 Å². The Morgan fingerprint density at radius 2 is 2.09 bits per heavy atom. The lowest BCUT2D eigenvalue weighted by molar-refractivity contribution is -0.0212. The number of nitrogens with one attached hydrogen (secondary N) is 1. The zero-order valence-corrected chi connectivity index (χ0v) is 19.7. The van der Waals surface area contributed by atoms with E-state index in [0.29, 0.717) is 30.3 Å². The van der Waals surface area contributed by atoms with Crippen LogP contribution >= 0.6 is 0 Å². The van der Waals surface area contributed by atoms with Gasteiger partial charge in [-0.2, -0.15) is 5.10 Å². The van der Waals surface area contributed by atoms with Crippen molar-refractivity contribution >= 4 is 22.9 Å². The predicted octanol–water partition coefficient (Wildman–Crippen LogP) is 2.46. The van der Waals surface area contributed by atoms with E-state index in [2.05, 4.69) is 51.3 Å². The van der Waals surface area contributed by atoms with E-state index in [-0.39, 0.29) is 11.5 Å². The topological polar surface area (TPSA) is 84.2 Å². The Morgan fingerprint density at radius 3 is 2.91 bits per heavy atom. The molecule has 34 heavy (non-hydrogen) atoms. The molecule has 2 fully saturated rings. The third kappa shape index (κ3) is 3.59. The molecule has 0 unspecified atom stereocenters. The minimum atomic E-state index is -0.218. The molecular formula is C25H30N6O3. The van der Waals surface area contributed by atoms with E-state index < -0.39 is 0 Å². The predicted molar refractivity (Wildman–Crippen MR) is 129 cm³/mol. The highest BCUT2D eigenvalue weighted by Crippen LogP contribution is 2.47. The number of carbonyl (C=O) groups is 1. The minimum Gasteiger partial charge on any atom is -0.486 e. The van der Waals surface area contributed by atoms with Gasteiger partial charge in [-0.25, -0.2) is 9.50 Å². The highest BCUT2D eigenvalue weighted by atomic mass is 16.5. The number of piperidine rings is 1. The lowest BCUT2D eigenvalue weighted by Crippen LogP contribution is -2.52. The van der Waals surface area contributed by atoms with Crippen molar-refractivity contribution in [2.24, 2.45) is 5.92 Å². The molecule has 1 N–H and O–H groups in total. The molecule has 3 aromatic rings. The molecule has 3 aliphatic rings. The van der Waals surface area contributed by atoms with E-state index in [4.69, 9.17) is 9.47 Å². The van der Waals surface area contributed by atoms with Gasteiger partial charge in [-0.1, -0.05) is 6.92 Å². The number of rotatable bonds is 3. The summed E-state index contributed by atoms with van der Waals surface area (Å²) in [5.41, 5.74) is 3.73. The molecule has 1 amide bonds. The summed E-state index contributed by atoms with van der Waals surface area (Å²) in [5.74, 6) is 1.14. The van der Waals surface area contributed by atoms with Gasteiger partial charge in [0.25, 0.3) is 5.91 Å². The standard InChI is InChI=1S/C25H30N6O3/c1-17-16-29(2)7-4-25(17)14-18-12-20(21(13-22(18)34-25)30-8-10-33-11-9-30)28-24(32)19-15-27-31-6-3-5-26-23(19)31/h3,5-6,12-13,15,17H,4,7-11,14,16H2,1-2H3,(H,28,32)/t17-,25+/m1/s1. The number of carbonyl (C=O) groups excluding carboxylic acids is 1. The van der Waals surface area contributed by atoms with Gasteiger partial charge in [0, 0.05) is 69.0 Å². The van der Waals surface area contributed by atoms with Crippen LogP contribution in [0.2, 0.25) is 0 Å². The van der Waals surface area contributed by atoms with Crippen LogP contribution in [0.1, 0.15) is 29.3 Å². The maximum Gasteiger partial charge on any atom is 0.261 e. The maximum atomic E-state index is 13.3. The SMILES string of the molecule is C[C@@H]1CN(C)CC[C@]12Cc1cc(NC(=O)c3cnn4cccnc34)c(N3CCOCC3)cc1O2. The molecule has 5 heterocycles. The molecule has 9 nitrogen and oxygen atoms in total. The second-order valence-electron chi connectivity index (χ2n) is 9.73. The van der Waals surface area contributed by atoms with Crippen LogP contribution in [-0.2, 0) is 11.2 Å². The molecule has 2 atom stereocenters. The van der Waals surface area contributed by atoms with E-state index in [1.165, 1.54) is 0 Å². The Hall–Kier alpha value is -3.17. The average Bonchev–Trinajstić information content (AvgIpc) is 3.44. The van der Waals surface area contributed by atoms with E-state index in [1.807, 2.05) is 0 Å². The van der Waals surface area contributed by atoms with Gasteiger partial charge in [0.1, 0.15) is 16.9 Å². The summed E-state index contributed by atoms with van der Waals surface area (Å²) in [6.45, 7) is 7.20. The number of likely N-dealkylation sites (tertiary alicyclic amines) is 1. The van der Waals surface area contributed by atoms with Crippen LogP contribution < -0.4 is 15.0 Å². The summed E-state index contributed by atoms with van der Waals surface area (Å²) < 4.78 is 13.9. The fraction of sp³-hybridized carbons (Fsp3) is 0.480. The monoisotopic (exact) mass is 462 g/mol. The molecule has 6 rings (SSSR count). The molecule has 0 radical (unpaired) electrons. The highest BCUT2D eigenvalue weighted by molar-refractivity contribution is 6.09. The number of hydrogen-bond acceptors (Lipinski definition) is 7. The summed E-state index contributed by atoms with van der Waals surface area (Å²) in [6.07, 6.45) is 6.89. The molecule has 178 valence electrons. The second-order valence-corrected chi connectivity index (χ2v) is 9.73. The lowest BCUT2D eigenvalue weighted by atomic mass is 9.79. The van der Waals surface area contributed by atoms with Crippen LogP contribution in [0, 0.1) is 5.92 Å². The summed E-state index contributed by atoms with van der Waals surface area (Å²) >= 11 is 0. The summed E-state index contributed by atoms with van der Waals surface area (Å²) in [5, 5.41) is 7.43. The van der Waals surface area contributed by atoms with Crippen LogP contribution in [0.3, 0.4) is 0 Å². The Morgan fingerprint density at radius 1 is 1.24 bits per heavy atom. The van der Waals surface area contributed by atoms with E-state index in [1.54, 1.807) is 29.2 Å². The number of anilines is 2. The Labute approximate surface area is 198 Å². The number of aromatic nitrogens is 3. The van der Waals surface area contributed by atoms with Gasteiger partial charge < -0.3 is 24.6 Å². The Bertz CT molecular complexity index is 1240. The van der Waals surface area contributed by atoms with Gasteiger partial charge in [-0.3, -0.25) is 4.79 Å². The van der Waals surface area contributed by atoms with Crippen molar-refractivity contribution in [3.05, 3.63) is 47.9 Å². The van der Waals surface area contributed by atoms with Gasteiger partial charge in [0.15, 0.2) is 5.65 Å². The number of nitrogens with zero attached hydrogens (tertiary/aromatic N) is 5. The lowest BCUT2D eigenvalue weighted by Gasteiger charge is -2.42. The van der Waals surface area contributed by atoms with Crippen molar-refractivity contribution in [2.75, 3.05) is 56.7 Å². The van der Waals surface area contributed by atoms with E-state index in [9.17, 15) is 4.79 Å². The van der Waals surface area contributed by atoms with E-state index in [0.717, 1.165) is 61.7 Å². The van der Waals surface area contributed by atoms with E-state index >= 15 is 0 Å². The molecule has 0 bridgehead atoms. The van der Waals surface area contributed by atoms with Crippen molar-refractivity contribution in [1.29, 1.82) is 0 Å². The first-order valence-corrected chi connectivity index (χ1v) is 12.0. The molecule has 3 aliphatic heterocycles. The third-order valence-corrected chi connectivity index (χ3v) is 7.51. The third-order valence-electron chi connectivity index (χ3n) is 7.51. The number of ether oxygens (including phenoxy) is 2.